The third-order valence-electron chi connectivity index (χ3n) is 1.65. The van der Waals surface area contributed by atoms with Gasteiger partial charge in [0.15, 0.2) is 5.84 Å². The molecule has 0 saturated heterocycles. The summed E-state index contributed by atoms with van der Waals surface area (Å²) in [5, 5.41) is 0. The number of halogens is 1. The Morgan fingerprint density at radius 2 is 2.08 bits per heavy atom. The van der Waals surface area contributed by atoms with E-state index in [0.717, 1.165) is 11.3 Å². The van der Waals surface area contributed by atoms with E-state index in [1.807, 2.05) is 0 Å². The molecular formula is C8H7ClN4. The van der Waals surface area contributed by atoms with Crippen LogP contribution in [0.15, 0.2) is 28.7 Å². The van der Waals surface area contributed by atoms with Crippen molar-refractivity contribution in [2.45, 2.75) is 0 Å². The third kappa shape index (κ3) is 1.72. The molecule has 13 heavy (non-hydrogen) atoms. The molecule has 0 saturated carbocycles. The number of nitrogens with zero attached hydrogens (tertiary/aromatic N) is 4. The summed E-state index contributed by atoms with van der Waals surface area (Å²) in [6.07, 6.45) is 4.85. The molecule has 0 unspecified atom stereocenters. The Labute approximate surface area is 80.4 Å². The van der Waals surface area contributed by atoms with Gasteiger partial charge in [-0.25, -0.2) is 15.0 Å². The fraction of sp³-hybridized carbons (Fsp3) is 0.250. The zero-order valence-corrected chi connectivity index (χ0v) is 7.57. The van der Waals surface area contributed by atoms with Gasteiger partial charge in [0.1, 0.15) is 6.33 Å². The minimum Gasteiger partial charge on any atom is -0.260 e. The van der Waals surface area contributed by atoms with Gasteiger partial charge in [-0.1, -0.05) is 0 Å². The molecular weight excluding hydrogens is 188 g/mol. The minimum atomic E-state index is 0.431. The maximum absolute atomic E-state index is 5.63. The smallest absolute Gasteiger partial charge is 0.158 e. The van der Waals surface area contributed by atoms with Crippen LogP contribution < -0.4 is 0 Å². The van der Waals surface area contributed by atoms with E-state index >= 15 is 0 Å². The molecule has 0 aliphatic carbocycles. The van der Waals surface area contributed by atoms with E-state index in [0.29, 0.717) is 18.3 Å². The number of alkyl halides is 1. The van der Waals surface area contributed by atoms with Crippen LogP contribution in [0.25, 0.3) is 0 Å². The van der Waals surface area contributed by atoms with E-state index in [-0.39, 0.29) is 0 Å². The maximum atomic E-state index is 5.63. The second-order valence-corrected chi connectivity index (χ2v) is 2.85. The maximum Gasteiger partial charge on any atom is 0.158 e. The zero-order chi connectivity index (χ0) is 9.10. The summed E-state index contributed by atoms with van der Waals surface area (Å²) in [7, 11) is 0. The largest absolute Gasteiger partial charge is 0.260 e. The average molecular weight is 195 g/mol. The number of rotatable bonds is 2. The van der Waals surface area contributed by atoms with Crippen molar-refractivity contribution in [3.05, 3.63) is 24.3 Å². The molecule has 0 radical (unpaired) electrons. The molecule has 1 aromatic heterocycles. The Bertz CT molecular complexity index is 358. The van der Waals surface area contributed by atoms with Gasteiger partial charge in [-0.15, -0.1) is 11.6 Å². The SMILES string of the molecule is ClCC1=NC(c2cncnc2)=NC1. The Morgan fingerprint density at radius 3 is 2.69 bits per heavy atom. The molecule has 0 fully saturated rings. The van der Waals surface area contributed by atoms with Crippen molar-refractivity contribution in [2.75, 3.05) is 12.4 Å². The van der Waals surface area contributed by atoms with E-state index in [4.69, 9.17) is 11.6 Å². The van der Waals surface area contributed by atoms with E-state index in [1.54, 1.807) is 12.4 Å². The second kappa shape index (κ2) is 3.62. The summed E-state index contributed by atoms with van der Waals surface area (Å²) in [5.74, 6) is 1.11. The van der Waals surface area contributed by atoms with Gasteiger partial charge in [0.2, 0.25) is 0 Å². The first-order valence-electron chi connectivity index (χ1n) is 3.82. The van der Waals surface area contributed by atoms with Gasteiger partial charge in [0.05, 0.1) is 23.7 Å². The van der Waals surface area contributed by atoms with Gasteiger partial charge in [-0.3, -0.25) is 4.99 Å². The predicted octanol–water partition coefficient (Wildman–Crippen LogP) is 0.917. The van der Waals surface area contributed by atoms with Crippen LogP contribution in [-0.2, 0) is 0 Å². The van der Waals surface area contributed by atoms with Crippen LogP contribution >= 0.6 is 11.6 Å². The molecule has 0 aromatic carbocycles. The highest BCUT2D eigenvalue weighted by Gasteiger charge is 2.10. The van der Waals surface area contributed by atoms with Crippen molar-refractivity contribution < 1.29 is 0 Å². The highest BCUT2D eigenvalue weighted by atomic mass is 35.5. The second-order valence-electron chi connectivity index (χ2n) is 2.58. The summed E-state index contributed by atoms with van der Waals surface area (Å²) in [6, 6.07) is 0. The van der Waals surface area contributed by atoms with Crippen LogP contribution in [-0.4, -0.2) is 33.9 Å². The van der Waals surface area contributed by atoms with Crippen LogP contribution in [0.2, 0.25) is 0 Å². The van der Waals surface area contributed by atoms with Crippen molar-refractivity contribution in [1.29, 1.82) is 0 Å². The quantitative estimate of drug-likeness (QED) is 0.658. The molecule has 66 valence electrons. The molecule has 0 bridgehead atoms. The Hall–Kier alpha value is -1.29. The Morgan fingerprint density at radius 1 is 1.31 bits per heavy atom. The fourth-order valence-corrected chi connectivity index (χ4v) is 1.17. The van der Waals surface area contributed by atoms with Crippen molar-refractivity contribution in [3.8, 4) is 0 Å². The Kier molecular flexibility index (Phi) is 2.31. The summed E-state index contributed by atoms with van der Waals surface area (Å²) in [6.45, 7) is 0.591. The number of aromatic nitrogens is 2. The monoisotopic (exact) mass is 194 g/mol. The van der Waals surface area contributed by atoms with Crippen molar-refractivity contribution >= 4 is 23.1 Å². The van der Waals surface area contributed by atoms with Crippen molar-refractivity contribution in [2.24, 2.45) is 9.98 Å². The lowest BCUT2D eigenvalue weighted by Gasteiger charge is -1.93. The van der Waals surface area contributed by atoms with Crippen molar-refractivity contribution in [3.63, 3.8) is 0 Å². The topological polar surface area (TPSA) is 50.5 Å². The van der Waals surface area contributed by atoms with E-state index in [9.17, 15) is 0 Å². The number of amidine groups is 1. The highest BCUT2D eigenvalue weighted by molar-refractivity contribution is 6.31. The third-order valence-corrected chi connectivity index (χ3v) is 1.96. The van der Waals surface area contributed by atoms with Gasteiger partial charge in [-0.05, 0) is 0 Å². The lowest BCUT2D eigenvalue weighted by molar-refractivity contribution is 1.15. The first kappa shape index (κ1) is 8.31. The van der Waals surface area contributed by atoms with Gasteiger partial charge >= 0.3 is 0 Å². The molecule has 1 aliphatic rings. The minimum absolute atomic E-state index is 0.431. The summed E-state index contributed by atoms with van der Waals surface area (Å²) in [4.78, 5) is 16.2. The Balaban J connectivity index is 2.25. The summed E-state index contributed by atoms with van der Waals surface area (Å²) in [5.41, 5.74) is 1.73. The van der Waals surface area contributed by atoms with Crippen LogP contribution in [0.3, 0.4) is 0 Å². The standard InChI is InChI=1S/C8H7ClN4/c9-1-7-4-12-8(13-7)6-2-10-5-11-3-6/h2-3,5H,1,4H2. The van der Waals surface area contributed by atoms with Crippen LogP contribution in [0.5, 0.6) is 0 Å². The fourth-order valence-electron chi connectivity index (χ4n) is 1.03. The summed E-state index contributed by atoms with van der Waals surface area (Å²) < 4.78 is 0. The molecule has 0 N–H and O–H groups in total. The average Bonchev–Trinajstić information content (AvgIpc) is 2.67. The summed E-state index contributed by atoms with van der Waals surface area (Å²) >= 11 is 5.63. The molecule has 4 nitrogen and oxygen atoms in total. The number of hydrogen-bond acceptors (Lipinski definition) is 4. The predicted molar refractivity (Wildman–Crippen MR) is 51.6 cm³/mol. The molecule has 2 heterocycles. The van der Waals surface area contributed by atoms with Crippen LogP contribution in [0.1, 0.15) is 5.56 Å². The molecule has 1 aliphatic heterocycles. The van der Waals surface area contributed by atoms with E-state index in [2.05, 4.69) is 20.0 Å². The van der Waals surface area contributed by atoms with Crippen molar-refractivity contribution in [1.82, 2.24) is 9.97 Å². The number of hydrogen-bond donors (Lipinski definition) is 0. The van der Waals surface area contributed by atoms with Gasteiger partial charge in [0.25, 0.3) is 0 Å². The first-order valence-corrected chi connectivity index (χ1v) is 4.36. The highest BCUT2D eigenvalue weighted by Crippen LogP contribution is 2.05. The van der Waals surface area contributed by atoms with Gasteiger partial charge < -0.3 is 0 Å². The molecule has 0 amide bonds. The number of aliphatic imine (C=N–C) groups is 2. The normalized spacial score (nSPS) is 15.5. The zero-order valence-electron chi connectivity index (χ0n) is 6.81. The molecule has 5 heteroatoms. The molecule has 0 spiro atoms. The van der Waals surface area contributed by atoms with Crippen LogP contribution in [0, 0.1) is 0 Å². The van der Waals surface area contributed by atoms with E-state index < -0.39 is 0 Å². The first-order chi connectivity index (χ1) is 6.40. The van der Waals surface area contributed by atoms with Gasteiger partial charge in [-0.2, -0.15) is 0 Å². The molecule has 1 aromatic rings. The molecule has 0 atom stereocenters. The van der Waals surface area contributed by atoms with Crippen LogP contribution in [0.4, 0.5) is 0 Å². The molecule has 2 rings (SSSR count). The lowest BCUT2D eigenvalue weighted by atomic mass is 10.3. The van der Waals surface area contributed by atoms with Gasteiger partial charge in [0, 0.05) is 12.4 Å². The lowest BCUT2D eigenvalue weighted by Crippen LogP contribution is -2.00. The van der Waals surface area contributed by atoms with E-state index in [1.165, 1.54) is 6.33 Å².